The van der Waals surface area contributed by atoms with Crippen LogP contribution in [0.5, 0.6) is 0 Å². The molecule has 222 valence electrons. The van der Waals surface area contributed by atoms with Crippen molar-refractivity contribution in [3.63, 3.8) is 0 Å². The highest BCUT2D eigenvalue weighted by Crippen LogP contribution is 2.41. The molecule has 2 aromatic heterocycles. The average molecular weight is 611 g/mol. The van der Waals surface area contributed by atoms with E-state index < -0.39 is 0 Å². The number of fused-ring (bicyclic) bond motifs is 6. The summed E-state index contributed by atoms with van der Waals surface area (Å²) in [4.78, 5) is 3.67. The van der Waals surface area contributed by atoms with E-state index in [4.69, 9.17) is 6.57 Å². The van der Waals surface area contributed by atoms with E-state index in [1.807, 2.05) is 36.4 Å². The van der Waals surface area contributed by atoms with E-state index in [0.717, 1.165) is 66.5 Å². The lowest BCUT2D eigenvalue weighted by Crippen LogP contribution is -1.99. The van der Waals surface area contributed by atoms with E-state index in [-0.39, 0.29) is 0 Å². The van der Waals surface area contributed by atoms with Crippen LogP contribution in [-0.4, -0.2) is 9.13 Å². The number of aromatic nitrogens is 2. The van der Waals surface area contributed by atoms with Crippen LogP contribution in [-0.2, 0) is 0 Å². The fraction of sp³-hybridized carbons (Fsp3) is 0. The first-order valence-electron chi connectivity index (χ1n) is 15.9. The molecule has 0 saturated carbocycles. The van der Waals surface area contributed by atoms with Crippen molar-refractivity contribution >= 4 is 49.3 Å². The minimum absolute atomic E-state index is 0.618. The molecule has 0 aliphatic heterocycles. The molecule has 0 unspecified atom stereocenters. The number of benzene rings is 7. The van der Waals surface area contributed by atoms with Gasteiger partial charge in [-0.15, -0.1) is 0 Å². The summed E-state index contributed by atoms with van der Waals surface area (Å²) in [5.41, 5.74) is 12.0. The van der Waals surface area contributed by atoms with Crippen molar-refractivity contribution in [3.8, 4) is 39.7 Å². The summed E-state index contributed by atoms with van der Waals surface area (Å²) in [7, 11) is 0. The molecule has 0 fully saturated rings. The standard InChI is InChI=1S/C44H26N4/c1-46-31-21-25-43-39(27-31)37-14-6-7-15-40(37)47(43)32-22-19-30(20-23-32)33-10-2-3-11-34(33)38-26-29(28-45)18-24-44(38)48-41-16-8-4-12-35(41)36-13-5-9-17-42(36)48/h2-27H. The zero-order valence-electron chi connectivity index (χ0n) is 25.8. The highest BCUT2D eigenvalue weighted by Gasteiger charge is 2.19. The average Bonchev–Trinajstić information content (AvgIpc) is 3.67. The number of nitriles is 1. The van der Waals surface area contributed by atoms with Crippen LogP contribution in [0, 0.1) is 17.9 Å². The highest BCUT2D eigenvalue weighted by molar-refractivity contribution is 6.11. The number of para-hydroxylation sites is 3. The first kappa shape index (κ1) is 27.4. The molecule has 4 heteroatoms. The lowest BCUT2D eigenvalue weighted by Gasteiger charge is -2.18. The Morgan fingerprint density at radius 1 is 0.479 bits per heavy atom. The Kier molecular flexibility index (Phi) is 6.22. The van der Waals surface area contributed by atoms with Gasteiger partial charge in [0.25, 0.3) is 0 Å². The Hall–Kier alpha value is -6.88. The lowest BCUT2D eigenvalue weighted by atomic mass is 9.92. The van der Waals surface area contributed by atoms with Gasteiger partial charge in [-0.3, -0.25) is 0 Å². The second-order valence-electron chi connectivity index (χ2n) is 12.0. The van der Waals surface area contributed by atoms with Crippen molar-refractivity contribution in [2.45, 2.75) is 0 Å². The van der Waals surface area contributed by atoms with Gasteiger partial charge in [0.05, 0.1) is 46.0 Å². The fourth-order valence-corrected chi connectivity index (χ4v) is 7.27. The Balaban J connectivity index is 1.22. The maximum atomic E-state index is 9.99. The number of hydrogen-bond donors (Lipinski definition) is 0. The molecule has 0 aliphatic rings. The maximum Gasteiger partial charge on any atom is 0.188 e. The van der Waals surface area contributed by atoms with Crippen molar-refractivity contribution in [2.75, 3.05) is 0 Å². The summed E-state index contributed by atoms with van der Waals surface area (Å²) >= 11 is 0. The Bertz CT molecular complexity index is 2750. The van der Waals surface area contributed by atoms with Crippen LogP contribution in [0.15, 0.2) is 158 Å². The summed E-state index contributed by atoms with van der Waals surface area (Å²) in [6.07, 6.45) is 0. The fourth-order valence-electron chi connectivity index (χ4n) is 7.27. The topological polar surface area (TPSA) is 38.0 Å². The van der Waals surface area contributed by atoms with Crippen molar-refractivity contribution in [1.82, 2.24) is 9.13 Å². The SMILES string of the molecule is [C-]#[N+]c1ccc2c(c1)c1ccccc1n2-c1ccc(-c2ccccc2-c2cc(C#N)ccc2-n2c3ccccc3c3ccccc32)cc1. The van der Waals surface area contributed by atoms with Gasteiger partial charge in [-0.25, -0.2) is 4.85 Å². The Morgan fingerprint density at radius 2 is 1.04 bits per heavy atom. The minimum Gasteiger partial charge on any atom is -0.309 e. The third-order valence-electron chi connectivity index (χ3n) is 9.39. The summed E-state index contributed by atoms with van der Waals surface area (Å²) in [6.45, 7) is 7.53. The van der Waals surface area contributed by atoms with Crippen LogP contribution in [0.4, 0.5) is 5.69 Å². The smallest absolute Gasteiger partial charge is 0.188 e. The zero-order valence-corrected chi connectivity index (χ0v) is 25.8. The number of hydrogen-bond acceptors (Lipinski definition) is 1. The van der Waals surface area contributed by atoms with Gasteiger partial charge in [0.15, 0.2) is 5.69 Å². The maximum absolute atomic E-state index is 9.99. The third kappa shape index (κ3) is 4.14. The normalized spacial score (nSPS) is 11.3. The zero-order chi connectivity index (χ0) is 32.2. The molecule has 9 rings (SSSR count). The first-order chi connectivity index (χ1) is 23.7. The third-order valence-corrected chi connectivity index (χ3v) is 9.39. The van der Waals surface area contributed by atoms with Gasteiger partial charge in [0, 0.05) is 27.4 Å². The van der Waals surface area contributed by atoms with Crippen LogP contribution < -0.4 is 0 Å². The molecule has 0 N–H and O–H groups in total. The molecule has 7 aromatic carbocycles. The second-order valence-corrected chi connectivity index (χ2v) is 12.0. The molecule has 0 radical (unpaired) electrons. The molecule has 48 heavy (non-hydrogen) atoms. The van der Waals surface area contributed by atoms with E-state index in [2.05, 4.69) is 141 Å². The van der Waals surface area contributed by atoms with Gasteiger partial charge in [0.1, 0.15) is 0 Å². The van der Waals surface area contributed by atoms with Crippen molar-refractivity contribution in [1.29, 1.82) is 5.26 Å². The van der Waals surface area contributed by atoms with Crippen LogP contribution in [0.1, 0.15) is 5.56 Å². The molecule has 2 heterocycles. The molecule has 0 amide bonds. The Labute approximate surface area is 277 Å². The first-order valence-corrected chi connectivity index (χ1v) is 15.9. The van der Waals surface area contributed by atoms with Crippen LogP contribution in [0.2, 0.25) is 0 Å². The molecular weight excluding hydrogens is 585 g/mol. The molecule has 0 atom stereocenters. The predicted octanol–water partition coefficient (Wildman–Crippen LogP) is 11.6. The Morgan fingerprint density at radius 3 is 1.69 bits per heavy atom. The second kappa shape index (κ2) is 10.9. The van der Waals surface area contributed by atoms with Crippen molar-refractivity contribution < 1.29 is 0 Å². The molecule has 0 spiro atoms. The van der Waals surface area contributed by atoms with Gasteiger partial charge in [-0.1, -0.05) is 97.1 Å². The monoisotopic (exact) mass is 610 g/mol. The minimum atomic E-state index is 0.618. The van der Waals surface area contributed by atoms with Crippen LogP contribution in [0.3, 0.4) is 0 Å². The summed E-state index contributed by atoms with van der Waals surface area (Å²) in [5.74, 6) is 0. The molecule has 0 aliphatic carbocycles. The predicted molar refractivity (Wildman–Crippen MR) is 197 cm³/mol. The van der Waals surface area contributed by atoms with E-state index in [1.165, 1.54) is 10.8 Å². The molecule has 0 saturated heterocycles. The quantitative estimate of drug-likeness (QED) is 0.183. The molecule has 4 nitrogen and oxygen atoms in total. The lowest BCUT2D eigenvalue weighted by molar-refractivity contribution is 1.18. The van der Waals surface area contributed by atoms with Gasteiger partial charge in [-0.05, 0) is 82.7 Å². The van der Waals surface area contributed by atoms with Gasteiger partial charge in [-0.2, -0.15) is 5.26 Å². The van der Waals surface area contributed by atoms with Crippen LogP contribution >= 0.6 is 0 Å². The van der Waals surface area contributed by atoms with E-state index in [1.54, 1.807) is 0 Å². The highest BCUT2D eigenvalue weighted by atomic mass is 15.0. The van der Waals surface area contributed by atoms with E-state index in [0.29, 0.717) is 11.3 Å². The summed E-state index contributed by atoms with van der Waals surface area (Å²) < 4.78 is 4.59. The number of nitrogens with zero attached hydrogens (tertiary/aromatic N) is 4. The summed E-state index contributed by atoms with van der Waals surface area (Å²) in [6, 6.07) is 56.8. The number of rotatable bonds is 4. The molecule has 9 aromatic rings. The van der Waals surface area contributed by atoms with E-state index in [9.17, 15) is 5.26 Å². The molecule has 0 bridgehead atoms. The van der Waals surface area contributed by atoms with Gasteiger partial charge in [0.2, 0.25) is 0 Å². The van der Waals surface area contributed by atoms with Gasteiger partial charge >= 0.3 is 0 Å². The summed E-state index contributed by atoms with van der Waals surface area (Å²) in [5, 5.41) is 14.6. The van der Waals surface area contributed by atoms with Gasteiger partial charge < -0.3 is 9.13 Å². The molecular formula is C44H26N4. The van der Waals surface area contributed by atoms with Crippen molar-refractivity contribution in [2.24, 2.45) is 0 Å². The largest absolute Gasteiger partial charge is 0.309 e. The van der Waals surface area contributed by atoms with E-state index >= 15 is 0 Å². The van der Waals surface area contributed by atoms with Crippen LogP contribution in [0.25, 0.3) is 82.1 Å². The van der Waals surface area contributed by atoms with Crippen molar-refractivity contribution in [3.05, 3.63) is 175 Å².